The zero-order chi connectivity index (χ0) is 31.7. The van der Waals surface area contributed by atoms with E-state index in [1.807, 2.05) is 6.07 Å². The standard InChI is InChI=1S/C38H43N5O2S/c1-26-16-18-35-31(24-26)37(29-12-6-8-14-33(29)41-35)39-20-22-43(46(44,45)28-10-4-3-5-11-28)23-21-40-38-30-13-7-9-15-34(30)42-36-19-17-27(2)25-32(36)38/h3-5,10-11,16-19,24-25H,6-9,12-15,20-23H2,1-2H3,(H,39,41)(H,40,42). The van der Waals surface area contributed by atoms with Crippen LogP contribution in [0.25, 0.3) is 21.8 Å². The number of benzene rings is 3. The number of nitrogens with one attached hydrogen (secondary N) is 2. The molecule has 8 heteroatoms. The van der Waals surface area contributed by atoms with Gasteiger partial charge in [-0.05, 0) is 113 Å². The highest BCUT2D eigenvalue weighted by atomic mass is 32.2. The van der Waals surface area contributed by atoms with Crippen LogP contribution in [0.5, 0.6) is 0 Å². The van der Waals surface area contributed by atoms with E-state index in [0.717, 1.165) is 84.5 Å². The van der Waals surface area contributed by atoms with Crippen LogP contribution in [-0.4, -0.2) is 48.9 Å². The van der Waals surface area contributed by atoms with Crippen LogP contribution in [0.2, 0.25) is 0 Å². The van der Waals surface area contributed by atoms with Crippen LogP contribution in [0.15, 0.2) is 71.6 Å². The van der Waals surface area contributed by atoms with Gasteiger partial charge in [0.15, 0.2) is 0 Å². The van der Waals surface area contributed by atoms with Crippen LogP contribution in [0.1, 0.15) is 59.3 Å². The topological polar surface area (TPSA) is 87.2 Å². The first-order valence-electron chi connectivity index (χ1n) is 16.8. The molecule has 0 fully saturated rings. The zero-order valence-corrected chi connectivity index (χ0v) is 27.7. The maximum absolute atomic E-state index is 14.0. The first-order valence-corrected chi connectivity index (χ1v) is 18.2. The fourth-order valence-corrected chi connectivity index (χ4v) is 8.65. The number of pyridine rings is 2. The molecule has 0 spiro atoms. The summed E-state index contributed by atoms with van der Waals surface area (Å²) in [6, 6.07) is 21.6. The summed E-state index contributed by atoms with van der Waals surface area (Å²) in [6.07, 6.45) is 8.57. The van der Waals surface area contributed by atoms with Crippen molar-refractivity contribution in [1.82, 2.24) is 14.3 Å². The summed E-state index contributed by atoms with van der Waals surface area (Å²) >= 11 is 0. The normalized spacial score (nSPS) is 14.8. The number of anilines is 2. The van der Waals surface area contributed by atoms with Gasteiger partial charge >= 0.3 is 0 Å². The van der Waals surface area contributed by atoms with Gasteiger partial charge in [0.05, 0.1) is 15.9 Å². The quantitative estimate of drug-likeness (QED) is 0.167. The Labute approximate surface area is 272 Å². The van der Waals surface area contributed by atoms with E-state index in [1.54, 1.807) is 28.6 Å². The molecule has 7 nitrogen and oxygen atoms in total. The van der Waals surface area contributed by atoms with Gasteiger partial charge in [0.2, 0.25) is 10.0 Å². The summed E-state index contributed by atoms with van der Waals surface area (Å²) in [7, 11) is -3.71. The molecule has 0 radical (unpaired) electrons. The Balaban J connectivity index is 1.16. The minimum absolute atomic E-state index is 0.319. The molecule has 2 aliphatic carbocycles. The first kappa shape index (κ1) is 30.6. The number of rotatable bonds is 10. The third-order valence-corrected chi connectivity index (χ3v) is 11.5. The van der Waals surface area contributed by atoms with Crippen LogP contribution < -0.4 is 10.6 Å². The predicted molar refractivity (Wildman–Crippen MR) is 188 cm³/mol. The van der Waals surface area contributed by atoms with Crippen molar-refractivity contribution in [2.45, 2.75) is 70.1 Å². The lowest BCUT2D eigenvalue weighted by Gasteiger charge is -2.26. The molecule has 0 saturated heterocycles. The van der Waals surface area contributed by atoms with Crippen LogP contribution >= 0.6 is 0 Å². The van der Waals surface area contributed by atoms with Gasteiger partial charge in [0.1, 0.15) is 0 Å². The molecule has 0 bridgehead atoms. The molecule has 0 saturated carbocycles. The third kappa shape index (κ3) is 6.08. The summed E-state index contributed by atoms with van der Waals surface area (Å²) in [6.45, 7) is 5.90. The number of sulfonamides is 1. The SMILES string of the molecule is Cc1ccc2nc3c(c(NCCN(CCNc4c5c(nc6ccc(C)cc46)CCCC5)S(=O)(=O)c4ccccc4)c2c1)CCCC3. The van der Waals surface area contributed by atoms with E-state index in [1.165, 1.54) is 33.6 Å². The summed E-state index contributed by atoms with van der Waals surface area (Å²) in [4.78, 5) is 10.3. The molecule has 7 rings (SSSR count). The van der Waals surface area contributed by atoms with Crippen molar-refractivity contribution in [2.75, 3.05) is 36.8 Å². The minimum Gasteiger partial charge on any atom is -0.383 e. The lowest BCUT2D eigenvalue weighted by atomic mass is 9.92. The molecule has 0 atom stereocenters. The molecular weight excluding hydrogens is 591 g/mol. The lowest BCUT2D eigenvalue weighted by Crippen LogP contribution is -2.38. The molecule has 0 amide bonds. The average Bonchev–Trinajstić information content (AvgIpc) is 3.07. The Hall–Kier alpha value is -4.01. The highest BCUT2D eigenvalue weighted by molar-refractivity contribution is 7.89. The van der Waals surface area contributed by atoms with E-state index in [-0.39, 0.29) is 0 Å². The predicted octanol–water partition coefficient (Wildman–Crippen LogP) is 7.37. The molecular formula is C38H43N5O2S. The molecule has 2 heterocycles. The number of hydrogen-bond donors (Lipinski definition) is 2. The molecule has 2 N–H and O–H groups in total. The second-order valence-corrected chi connectivity index (χ2v) is 14.8. The Bertz CT molecular complexity index is 1900. The Morgan fingerprint density at radius 3 is 1.63 bits per heavy atom. The fourth-order valence-electron chi connectivity index (χ4n) is 7.18. The van der Waals surface area contributed by atoms with Gasteiger partial charge in [-0.15, -0.1) is 0 Å². The maximum Gasteiger partial charge on any atom is 0.243 e. The van der Waals surface area contributed by atoms with Gasteiger partial charge in [-0.2, -0.15) is 4.31 Å². The number of aromatic nitrogens is 2. The van der Waals surface area contributed by atoms with Crippen LogP contribution in [0.3, 0.4) is 0 Å². The summed E-state index contributed by atoms with van der Waals surface area (Å²) in [5.74, 6) is 0. The molecule has 3 aromatic carbocycles. The van der Waals surface area contributed by atoms with E-state index in [4.69, 9.17) is 9.97 Å². The number of nitrogens with zero attached hydrogens (tertiary/aromatic N) is 3. The molecule has 0 unspecified atom stereocenters. The largest absolute Gasteiger partial charge is 0.383 e. The van der Waals surface area contributed by atoms with Crippen LogP contribution in [0, 0.1) is 13.8 Å². The van der Waals surface area contributed by atoms with Crippen molar-refractivity contribution >= 4 is 43.2 Å². The van der Waals surface area contributed by atoms with Gasteiger partial charge in [-0.1, -0.05) is 41.5 Å². The molecule has 2 aliphatic rings. The van der Waals surface area contributed by atoms with Gasteiger partial charge < -0.3 is 10.6 Å². The van der Waals surface area contributed by atoms with E-state index in [9.17, 15) is 8.42 Å². The number of aryl methyl sites for hydroxylation is 4. The Morgan fingerprint density at radius 2 is 1.13 bits per heavy atom. The van der Waals surface area contributed by atoms with Crippen molar-refractivity contribution in [2.24, 2.45) is 0 Å². The molecule has 2 aromatic heterocycles. The zero-order valence-electron chi connectivity index (χ0n) is 26.9. The number of fused-ring (bicyclic) bond motifs is 4. The third-order valence-electron chi connectivity index (χ3n) is 9.54. The highest BCUT2D eigenvalue weighted by Gasteiger charge is 2.25. The average molecular weight is 634 g/mol. The fraction of sp³-hybridized carbons (Fsp3) is 0.368. The summed E-state index contributed by atoms with van der Waals surface area (Å²) < 4.78 is 29.7. The minimum atomic E-state index is -3.71. The van der Waals surface area contributed by atoms with Crippen molar-refractivity contribution in [3.63, 3.8) is 0 Å². The Morgan fingerprint density at radius 1 is 0.652 bits per heavy atom. The molecule has 46 heavy (non-hydrogen) atoms. The number of hydrogen-bond acceptors (Lipinski definition) is 6. The van der Waals surface area contributed by atoms with Crippen molar-refractivity contribution in [1.29, 1.82) is 0 Å². The van der Waals surface area contributed by atoms with E-state index < -0.39 is 10.0 Å². The first-order chi connectivity index (χ1) is 22.4. The molecule has 238 valence electrons. The van der Waals surface area contributed by atoms with Crippen molar-refractivity contribution < 1.29 is 8.42 Å². The van der Waals surface area contributed by atoms with E-state index >= 15 is 0 Å². The van der Waals surface area contributed by atoms with Crippen LogP contribution in [0.4, 0.5) is 11.4 Å². The maximum atomic E-state index is 14.0. The van der Waals surface area contributed by atoms with Gasteiger partial charge in [0.25, 0.3) is 0 Å². The molecule has 0 aliphatic heterocycles. The smallest absolute Gasteiger partial charge is 0.243 e. The van der Waals surface area contributed by atoms with Gasteiger partial charge in [0, 0.05) is 59.7 Å². The monoisotopic (exact) mass is 633 g/mol. The van der Waals surface area contributed by atoms with Gasteiger partial charge in [-0.25, -0.2) is 8.42 Å². The van der Waals surface area contributed by atoms with Gasteiger partial charge in [-0.3, -0.25) is 9.97 Å². The summed E-state index contributed by atoms with van der Waals surface area (Å²) in [5, 5.41) is 9.63. The van der Waals surface area contributed by atoms with Crippen molar-refractivity contribution in [3.8, 4) is 0 Å². The molecule has 5 aromatic rings. The van der Waals surface area contributed by atoms with Crippen molar-refractivity contribution in [3.05, 3.63) is 100 Å². The highest BCUT2D eigenvalue weighted by Crippen LogP contribution is 2.35. The van der Waals surface area contributed by atoms with Crippen LogP contribution in [-0.2, 0) is 35.7 Å². The Kier molecular flexibility index (Phi) is 8.66. The van der Waals surface area contributed by atoms with E-state index in [0.29, 0.717) is 31.1 Å². The summed E-state index contributed by atoms with van der Waals surface area (Å²) in [5.41, 5.74) is 11.5. The second kappa shape index (κ2) is 13.0. The second-order valence-electron chi connectivity index (χ2n) is 12.9. The lowest BCUT2D eigenvalue weighted by molar-refractivity contribution is 0.433. The van der Waals surface area contributed by atoms with E-state index in [2.05, 4.69) is 60.9 Å².